The number of para-hydroxylation sites is 1. The Morgan fingerprint density at radius 1 is 1.11 bits per heavy atom. The first-order chi connectivity index (χ1) is 13.2. The predicted octanol–water partition coefficient (Wildman–Crippen LogP) is 1.23. The van der Waals surface area contributed by atoms with Crippen LogP contribution >= 0.6 is 0 Å². The summed E-state index contributed by atoms with van der Waals surface area (Å²) in [6.07, 6.45) is 1.22. The number of fused-ring (bicyclic) bond motifs is 1. The summed E-state index contributed by atoms with van der Waals surface area (Å²) in [5.41, 5.74) is 1.89. The van der Waals surface area contributed by atoms with Crippen molar-refractivity contribution in [2.45, 2.75) is 25.2 Å². The van der Waals surface area contributed by atoms with Crippen LogP contribution in [-0.2, 0) is 13.1 Å². The minimum Gasteiger partial charge on any atom is -0.390 e. The van der Waals surface area contributed by atoms with Gasteiger partial charge in [0.2, 0.25) is 0 Å². The topological polar surface area (TPSA) is 70.4 Å². The maximum absolute atomic E-state index is 12.7. The van der Waals surface area contributed by atoms with E-state index in [1.165, 1.54) is 5.56 Å². The van der Waals surface area contributed by atoms with E-state index >= 15 is 0 Å². The first-order valence-corrected chi connectivity index (χ1v) is 9.33. The van der Waals surface area contributed by atoms with Crippen LogP contribution in [0.5, 0.6) is 0 Å². The molecule has 0 saturated carbocycles. The number of nitrogens with zero attached hydrogens (tertiary/aromatic N) is 3. The van der Waals surface area contributed by atoms with E-state index < -0.39 is 6.10 Å². The third kappa shape index (κ3) is 3.93. The molecule has 1 saturated heterocycles. The molecule has 0 spiro atoms. The maximum atomic E-state index is 12.7. The number of aliphatic hydroxyl groups excluding tert-OH is 1. The van der Waals surface area contributed by atoms with Crippen molar-refractivity contribution in [2.24, 2.45) is 0 Å². The van der Waals surface area contributed by atoms with Gasteiger partial charge >= 0.3 is 0 Å². The third-order valence-electron chi connectivity index (χ3n) is 5.21. The highest BCUT2D eigenvalue weighted by Gasteiger charge is 2.30. The van der Waals surface area contributed by atoms with Crippen LogP contribution in [0.2, 0.25) is 0 Å². The van der Waals surface area contributed by atoms with Gasteiger partial charge in [0.15, 0.2) is 0 Å². The molecule has 1 aromatic heterocycles. The standard InChI is InChI=1S/C21H24N4O2/c26-20-13-22-12-19(20)24(14-16-6-2-1-3-7-16)10-11-25-15-23-18-9-5-4-8-17(18)21(25)27/h1-9,15,19-20,22,26H,10-14H2/t19-,20-/m1/s1. The molecule has 6 nitrogen and oxygen atoms in total. The van der Waals surface area contributed by atoms with Crippen molar-refractivity contribution in [3.8, 4) is 0 Å². The molecule has 1 fully saturated rings. The Balaban J connectivity index is 1.55. The second-order valence-corrected chi connectivity index (χ2v) is 7.01. The lowest BCUT2D eigenvalue weighted by atomic mass is 10.1. The van der Waals surface area contributed by atoms with E-state index in [-0.39, 0.29) is 11.6 Å². The Labute approximate surface area is 158 Å². The van der Waals surface area contributed by atoms with Gasteiger partial charge in [-0.25, -0.2) is 4.98 Å². The molecule has 2 heterocycles. The number of nitrogens with one attached hydrogen (secondary N) is 1. The molecule has 6 heteroatoms. The van der Waals surface area contributed by atoms with Gasteiger partial charge < -0.3 is 10.4 Å². The maximum Gasteiger partial charge on any atom is 0.261 e. The van der Waals surface area contributed by atoms with Crippen molar-refractivity contribution in [3.63, 3.8) is 0 Å². The first-order valence-electron chi connectivity index (χ1n) is 9.33. The fourth-order valence-corrected chi connectivity index (χ4v) is 3.71. The zero-order valence-electron chi connectivity index (χ0n) is 15.2. The molecule has 0 bridgehead atoms. The SMILES string of the molecule is O=c1c2ccccc2ncn1CCN(Cc1ccccc1)[C@@H]1CNC[C@H]1O. The highest BCUT2D eigenvalue weighted by molar-refractivity contribution is 5.76. The summed E-state index contributed by atoms with van der Waals surface area (Å²) in [5.74, 6) is 0. The average molecular weight is 364 g/mol. The van der Waals surface area contributed by atoms with E-state index in [9.17, 15) is 9.90 Å². The molecule has 0 amide bonds. The highest BCUT2D eigenvalue weighted by Crippen LogP contribution is 2.14. The van der Waals surface area contributed by atoms with Crippen LogP contribution < -0.4 is 10.9 Å². The lowest BCUT2D eigenvalue weighted by molar-refractivity contribution is 0.0754. The van der Waals surface area contributed by atoms with Crippen molar-refractivity contribution in [1.82, 2.24) is 19.8 Å². The number of rotatable bonds is 6. The van der Waals surface area contributed by atoms with Crippen LogP contribution in [-0.4, -0.2) is 51.3 Å². The minimum absolute atomic E-state index is 0.0228. The van der Waals surface area contributed by atoms with E-state index in [1.54, 1.807) is 10.9 Å². The summed E-state index contributed by atoms with van der Waals surface area (Å²) in [6.45, 7) is 3.29. The Morgan fingerprint density at radius 2 is 1.89 bits per heavy atom. The Kier molecular flexibility index (Phi) is 5.29. The number of aliphatic hydroxyl groups is 1. The lowest BCUT2D eigenvalue weighted by Gasteiger charge is -2.30. The van der Waals surface area contributed by atoms with Crippen LogP contribution in [0.3, 0.4) is 0 Å². The van der Waals surface area contributed by atoms with Gasteiger partial charge in [0.1, 0.15) is 0 Å². The predicted molar refractivity (Wildman–Crippen MR) is 106 cm³/mol. The van der Waals surface area contributed by atoms with Gasteiger partial charge in [-0.3, -0.25) is 14.3 Å². The molecule has 140 valence electrons. The Hall–Kier alpha value is -2.54. The molecule has 3 aromatic rings. The molecule has 0 unspecified atom stereocenters. The van der Waals surface area contributed by atoms with Crippen LogP contribution in [0.4, 0.5) is 0 Å². The normalized spacial score (nSPS) is 19.8. The monoisotopic (exact) mass is 364 g/mol. The van der Waals surface area contributed by atoms with E-state index in [2.05, 4.69) is 27.3 Å². The van der Waals surface area contributed by atoms with Gasteiger partial charge in [-0.15, -0.1) is 0 Å². The highest BCUT2D eigenvalue weighted by atomic mass is 16.3. The van der Waals surface area contributed by atoms with E-state index in [0.29, 0.717) is 25.0 Å². The number of hydrogen-bond donors (Lipinski definition) is 2. The largest absolute Gasteiger partial charge is 0.390 e. The molecule has 2 aromatic carbocycles. The number of hydrogen-bond acceptors (Lipinski definition) is 5. The second kappa shape index (κ2) is 8.00. The quantitative estimate of drug-likeness (QED) is 0.689. The van der Waals surface area contributed by atoms with Gasteiger partial charge in [-0.2, -0.15) is 0 Å². The van der Waals surface area contributed by atoms with Crippen molar-refractivity contribution in [1.29, 1.82) is 0 Å². The molecule has 2 N–H and O–H groups in total. The number of benzene rings is 2. The molecule has 1 aliphatic heterocycles. The van der Waals surface area contributed by atoms with Crippen LogP contribution in [0.1, 0.15) is 5.56 Å². The van der Waals surface area contributed by atoms with Gasteiger partial charge in [0.05, 0.1) is 23.3 Å². The Bertz CT molecular complexity index is 957. The first kappa shape index (κ1) is 17.9. The zero-order chi connectivity index (χ0) is 18.6. The molecular formula is C21H24N4O2. The average Bonchev–Trinajstić information content (AvgIpc) is 3.13. The summed E-state index contributed by atoms with van der Waals surface area (Å²) in [5, 5.41) is 14.2. The fraction of sp³-hybridized carbons (Fsp3) is 0.333. The van der Waals surface area contributed by atoms with Crippen molar-refractivity contribution in [3.05, 3.63) is 76.8 Å². The lowest BCUT2D eigenvalue weighted by Crippen LogP contribution is -2.44. The fourth-order valence-electron chi connectivity index (χ4n) is 3.71. The van der Waals surface area contributed by atoms with Crippen LogP contribution in [0.15, 0.2) is 65.7 Å². The van der Waals surface area contributed by atoms with Gasteiger partial charge in [-0.1, -0.05) is 42.5 Å². The molecule has 1 aliphatic rings. The van der Waals surface area contributed by atoms with Crippen LogP contribution in [0, 0.1) is 0 Å². The molecule has 27 heavy (non-hydrogen) atoms. The summed E-state index contributed by atoms with van der Waals surface area (Å²) >= 11 is 0. The molecule has 2 atom stereocenters. The van der Waals surface area contributed by atoms with Gasteiger partial charge in [0.25, 0.3) is 5.56 Å². The molecular weight excluding hydrogens is 340 g/mol. The van der Waals surface area contributed by atoms with Crippen LogP contribution in [0.25, 0.3) is 10.9 Å². The smallest absolute Gasteiger partial charge is 0.261 e. The number of β-amino-alcohol motifs (C(OH)–C–C–N with tert-alkyl or cyclic N) is 1. The molecule has 0 aliphatic carbocycles. The van der Waals surface area contributed by atoms with E-state index in [0.717, 1.165) is 18.6 Å². The van der Waals surface area contributed by atoms with Crippen molar-refractivity contribution < 1.29 is 5.11 Å². The summed E-state index contributed by atoms with van der Waals surface area (Å²) in [4.78, 5) is 19.4. The number of aromatic nitrogens is 2. The Morgan fingerprint density at radius 3 is 2.67 bits per heavy atom. The second-order valence-electron chi connectivity index (χ2n) is 7.01. The summed E-state index contributed by atoms with van der Waals surface area (Å²) < 4.78 is 1.66. The van der Waals surface area contributed by atoms with E-state index in [1.807, 2.05) is 42.5 Å². The molecule has 0 radical (unpaired) electrons. The van der Waals surface area contributed by atoms with Crippen molar-refractivity contribution in [2.75, 3.05) is 19.6 Å². The minimum atomic E-state index is -0.403. The third-order valence-corrected chi connectivity index (χ3v) is 5.21. The van der Waals surface area contributed by atoms with E-state index in [4.69, 9.17) is 0 Å². The zero-order valence-corrected chi connectivity index (χ0v) is 15.2. The summed E-state index contributed by atoms with van der Waals surface area (Å²) in [6, 6.07) is 17.7. The van der Waals surface area contributed by atoms with Crippen molar-refractivity contribution >= 4 is 10.9 Å². The van der Waals surface area contributed by atoms with Gasteiger partial charge in [0, 0.05) is 38.8 Å². The molecule has 4 rings (SSSR count). The summed E-state index contributed by atoms with van der Waals surface area (Å²) in [7, 11) is 0. The van der Waals surface area contributed by atoms with Gasteiger partial charge in [-0.05, 0) is 17.7 Å².